The second-order valence-electron chi connectivity index (χ2n) is 5.87. The van der Waals surface area contributed by atoms with Crippen LogP contribution in [0.4, 0.5) is 18.9 Å². The summed E-state index contributed by atoms with van der Waals surface area (Å²) in [4.78, 5) is 1.64. The van der Waals surface area contributed by atoms with Gasteiger partial charge in [-0.2, -0.15) is 0 Å². The topological polar surface area (TPSA) is 78.9 Å². The van der Waals surface area contributed by atoms with E-state index in [1.807, 2.05) is 19.0 Å². The van der Waals surface area contributed by atoms with Crippen molar-refractivity contribution in [2.24, 2.45) is 0 Å². The Bertz CT molecular complexity index is 851. The molecule has 0 aliphatic heterocycles. The summed E-state index contributed by atoms with van der Waals surface area (Å²) in [5.41, 5.74) is 1.45. The van der Waals surface area contributed by atoms with E-state index in [1.165, 1.54) is 0 Å². The van der Waals surface area contributed by atoms with Crippen LogP contribution in [0.3, 0.4) is 0 Å². The second-order valence-corrected chi connectivity index (χ2v) is 7.64. The Hall–Kier alpha value is -2.30. The number of aliphatic hydroxyl groups excluding tert-OH is 1. The highest BCUT2D eigenvalue weighted by Crippen LogP contribution is 2.24. The molecule has 0 spiro atoms. The molecule has 148 valence electrons. The molecular formula is C17H19F3N2O4S. The number of alkyl halides is 3. The van der Waals surface area contributed by atoms with Crippen LogP contribution in [-0.2, 0) is 10.0 Å². The molecule has 27 heavy (non-hydrogen) atoms. The maximum Gasteiger partial charge on any atom is 0.573 e. The number of anilines is 1. The largest absolute Gasteiger partial charge is 0.573 e. The molecule has 1 atom stereocenters. The average Bonchev–Trinajstić information content (AvgIpc) is 2.59. The molecule has 6 nitrogen and oxygen atoms in total. The molecule has 0 bridgehead atoms. The maximum absolute atomic E-state index is 12.2. The van der Waals surface area contributed by atoms with Crippen molar-refractivity contribution in [3.63, 3.8) is 0 Å². The zero-order chi connectivity index (χ0) is 20.2. The summed E-state index contributed by atoms with van der Waals surface area (Å²) >= 11 is 0. The summed E-state index contributed by atoms with van der Waals surface area (Å²) in [7, 11) is -0.269. The first-order valence-electron chi connectivity index (χ1n) is 7.79. The fourth-order valence-corrected chi connectivity index (χ4v) is 3.24. The van der Waals surface area contributed by atoms with E-state index in [-0.39, 0.29) is 11.4 Å². The van der Waals surface area contributed by atoms with Crippen LogP contribution in [0.15, 0.2) is 53.4 Å². The normalized spacial score (nSPS) is 13.3. The number of ether oxygens (including phenoxy) is 1. The Balaban J connectivity index is 2.01. The third-order valence-corrected chi connectivity index (χ3v) is 5.07. The third kappa shape index (κ3) is 6.12. The molecule has 2 rings (SSSR count). The molecule has 0 amide bonds. The van der Waals surface area contributed by atoms with Crippen LogP contribution in [0.5, 0.6) is 5.75 Å². The lowest BCUT2D eigenvalue weighted by molar-refractivity contribution is -0.274. The summed E-state index contributed by atoms with van der Waals surface area (Å²) in [5, 5.41) is 10.1. The van der Waals surface area contributed by atoms with Crippen LogP contribution in [0.2, 0.25) is 0 Å². The number of halogens is 3. The summed E-state index contributed by atoms with van der Waals surface area (Å²) in [5.74, 6) is -0.525. The Kier molecular flexibility index (Phi) is 6.34. The minimum Gasteiger partial charge on any atom is -0.406 e. The molecule has 0 saturated carbocycles. The predicted molar refractivity (Wildman–Crippen MR) is 94.0 cm³/mol. The monoisotopic (exact) mass is 404 g/mol. The third-order valence-electron chi connectivity index (χ3n) is 3.63. The molecule has 2 N–H and O–H groups in total. The maximum atomic E-state index is 12.2. The van der Waals surface area contributed by atoms with Gasteiger partial charge in [0.25, 0.3) is 0 Å². The van der Waals surface area contributed by atoms with Gasteiger partial charge in [-0.05, 0) is 42.0 Å². The van der Waals surface area contributed by atoms with Gasteiger partial charge in [0.1, 0.15) is 5.75 Å². The van der Waals surface area contributed by atoms with Crippen molar-refractivity contribution >= 4 is 15.7 Å². The number of sulfonamides is 1. The summed E-state index contributed by atoms with van der Waals surface area (Å²) < 4.78 is 66.7. The molecule has 10 heteroatoms. The van der Waals surface area contributed by atoms with Gasteiger partial charge in [-0.25, -0.2) is 13.1 Å². The van der Waals surface area contributed by atoms with E-state index in [0.717, 1.165) is 30.0 Å². The molecule has 1 unspecified atom stereocenters. The number of nitrogens with one attached hydrogen (secondary N) is 1. The van der Waals surface area contributed by atoms with Crippen LogP contribution in [0, 0.1) is 0 Å². The van der Waals surface area contributed by atoms with Crippen molar-refractivity contribution < 1.29 is 31.4 Å². The molecule has 0 aliphatic rings. The van der Waals surface area contributed by atoms with E-state index < -0.39 is 28.2 Å². The van der Waals surface area contributed by atoms with Crippen molar-refractivity contribution in [1.82, 2.24) is 4.72 Å². The number of aliphatic hydroxyl groups is 1. The molecule has 0 radical (unpaired) electrons. The van der Waals surface area contributed by atoms with Crippen molar-refractivity contribution in [1.29, 1.82) is 0 Å². The number of benzene rings is 2. The Morgan fingerprint density at radius 2 is 1.63 bits per heavy atom. The first kappa shape index (κ1) is 21.0. The van der Waals surface area contributed by atoms with Crippen molar-refractivity contribution in [2.75, 3.05) is 25.5 Å². The minimum atomic E-state index is -4.86. The van der Waals surface area contributed by atoms with Gasteiger partial charge in [-0.15, -0.1) is 13.2 Å². The molecule has 2 aromatic carbocycles. The second kappa shape index (κ2) is 8.15. The number of rotatable bonds is 7. The lowest BCUT2D eigenvalue weighted by Crippen LogP contribution is -2.28. The highest BCUT2D eigenvalue weighted by atomic mass is 32.2. The summed E-state index contributed by atoms with van der Waals surface area (Å²) in [6.45, 7) is -0.287. The molecule has 2 aromatic rings. The van der Waals surface area contributed by atoms with E-state index in [0.29, 0.717) is 5.56 Å². The smallest absolute Gasteiger partial charge is 0.406 e. The zero-order valence-corrected chi connectivity index (χ0v) is 15.4. The van der Waals surface area contributed by atoms with Gasteiger partial charge in [0.05, 0.1) is 11.0 Å². The van der Waals surface area contributed by atoms with Gasteiger partial charge in [-0.3, -0.25) is 0 Å². The van der Waals surface area contributed by atoms with E-state index in [2.05, 4.69) is 9.46 Å². The molecule has 0 aromatic heterocycles. The fraction of sp³-hybridized carbons (Fsp3) is 0.294. The zero-order valence-electron chi connectivity index (χ0n) is 14.6. The van der Waals surface area contributed by atoms with Crippen LogP contribution >= 0.6 is 0 Å². The van der Waals surface area contributed by atoms with Crippen LogP contribution in [-0.4, -0.2) is 40.5 Å². The van der Waals surface area contributed by atoms with Crippen LogP contribution in [0.1, 0.15) is 11.7 Å². The number of hydrogen-bond acceptors (Lipinski definition) is 5. The Labute approximate surface area is 155 Å². The number of nitrogens with zero attached hydrogens (tertiary/aromatic N) is 1. The standard InChI is InChI=1S/C17H19F3N2O4S/c1-22(2)13-5-3-12(4-6-13)16(23)11-21-27(24,25)15-9-7-14(8-10-15)26-17(18,19)20/h3-10,16,21,23H,11H2,1-2H3. The van der Waals surface area contributed by atoms with E-state index in [1.54, 1.807) is 24.3 Å². The van der Waals surface area contributed by atoms with Crippen LogP contribution in [0.25, 0.3) is 0 Å². The molecule has 0 fully saturated rings. The van der Waals surface area contributed by atoms with Gasteiger partial charge < -0.3 is 14.7 Å². The summed E-state index contributed by atoms with van der Waals surface area (Å²) in [6.07, 6.45) is -5.94. The van der Waals surface area contributed by atoms with Gasteiger partial charge in [0.15, 0.2) is 0 Å². The summed E-state index contributed by atoms with van der Waals surface area (Å²) in [6, 6.07) is 10.7. The lowest BCUT2D eigenvalue weighted by atomic mass is 10.1. The fourth-order valence-electron chi connectivity index (χ4n) is 2.20. The van der Waals surface area contributed by atoms with E-state index in [4.69, 9.17) is 0 Å². The van der Waals surface area contributed by atoms with Gasteiger partial charge >= 0.3 is 6.36 Å². The van der Waals surface area contributed by atoms with E-state index in [9.17, 15) is 26.7 Å². The predicted octanol–water partition coefficient (Wildman–Crippen LogP) is 2.66. The quantitative estimate of drug-likeness (QED) is 0.742. The van der Waals surface area contributed by atoms with Crippen molar-refractivity contribution in [3.8, 4) is 5.75 Å². The lowest BCUT2D eigenvalue weighted by Gasteiger charge is -2.16. The first-order chi connectivity index (χ1) is 12.5. The highest BCUT2D eigenvalue weighted by molar-refractivity contribution is 7.89. The van der Waals surface area contributed by atoms with Crippen LogP contribution < -0.4 is 14.4 Å². The molecular weight excluding hydrogens is 385 g/mol. The van der Waals surface area contributed by atoms with Gasteiger partial charge in [0.2, 0.25) is 10.0 Å². The SMILES string of the molecule is CN(C)c1ccc(C(O)CNS(=O)(=O)c2ccc(OC(F)(F)F)cc2)cc1. The Morgan fingerprint density at radius 3 is 2.11 bits per heavy atom. The molecule has 0 heterocycles. The number of hydrogen-bond donors (Lipinski definition) is 2. The Morgan fingerprint density at radius 1 is 1.07 bits per heavy atom. The average molecular weight is 404 g/mol. The van der Waals surface area contributed by atoms with E-state index >= 15 is 0 Å². The molecule has 0 saturated heterocycles. The first-order valence-corrected chi connectivity index (χ1v) is 9.27. The van der Waals surface area contributed by atoms with Crippen molar-refractivity contribution in [2.45, 2.75) is 17.4 Å². The van der Waals surface area contributed by atoms with Gasteiger partial charge in [-0.1, -0.05) is 12.1 Å². The minimum absolute atomic E-state index is 0.243. The highest BCUT2D eigenvalue weighted by Gasteiger charge is 2.31. The van der Waals surface area contributed by atoms with Crippen molar-refractivity contribution in [3.05, 3.63) is 54.1 Å². The molecule has 0 aliphatic carbocycles. The van der Waals surface area contributed by atoms with Gasteiger partial charge in [0, 0.05) is 26.3 Å².